The number of amides is 4. The average Bonchev–Trinajstić information content (AvgIpc) is 3.54. The van der Waals surface area contributed by atoms with Crippen molar-refractivity contribution in [3.05, 3.63) is 53.1 Å². The number of urea groups is 1. The number of aromatic amines is 1. The fourth-order valence-electron chi connectivity index (χ4n) is 8.11. The number of benzene rings is 2. The molecule has 0 radical (unpaired) electrons. The van der Waals surface area contributed by atoms with E-state index in [-0.39, 0.29) is 18.4 Å². The van der Waals surface area contributed by atoms with Crippen LogP contribution in [0.2, 0.25) is 0 Å². The Balaban J connectivity index is 1.05. The SMILES string of the molecule is Cc1cc(CC(OC(=O)N2CCC3(CC2)NC(=O)Nc2ccccc23)C(=O)N2CCC(C3CCN(C)CC3)CC2)cc2nn[nH]c12. The summed E-state index contributed by atoms with van der Waals surface area (Å²) >= 11 is 0. The third kappa shape index (κ3) is 6.02. The molecule has 1 unspecified atom stereocenters. The van der Waals surface area contributed by atoms with Gasteiger partial charge in [-0.1, -0.05) is 29.5 Å². The van der Waals surface area contributed by atoms with E-state index in [0.29, 0.717) is 44.9 Å². The molecule has 4 amide bonds. The molecule has 3 saturated heterocycles. The largest absolute Gasteiger partial charge is 0.436 e. The van der Waals surface area contributed by atoms with E-state index in [1.807, 2.05) is 48.2 Å². The fourth-order valence-corrected chi connectivity index (χ4v) is 8.11. The molecule has 0 bridgehead atoms. The van der Waals surface area contributed by atoms with Crippen molar-refractivity contribution in [1.29, 1.82) is 0 Å². The van der Waals surface area contributed by atoms with Crippen LogP contribution in [0.15, 0.2) is 36.4 Å². The predicted octanol–water partition coefficient (Wildman–Crippen LogP) is 4.02. The molecule has 1 atom stereocenters. The van der Waals surface area contributed by atoms with Gasteiger partial charge in [0.1, 0.15) is 5.52 Å². The van der Waals surface area contributed by atoms with Crippen LogP contribution in [0.1, 0.15) is 55.2 Å². The smallest absolute Gasteiger partial charge is 0.410 e. The number of rotatable bonds is 5. The van der Waals surface area contributed by atoms with Gasteiger partial charge in [0.15, 0.2) is 6.10 Å². The second-order valence-corrected chi connectivity index (χ2v) is 13.7. The van der Waals surface area contributed by atoms with E-state index < -0.39 is 17.7 Å². The Morgan fingerprint density at radius 2 is 1.67 bits per heavy atom. The van der Waals surface area contributed by atoms with Gasteiger partial charge in [0.05, 0.1) is 11.1 Å². The normalized spacial score (nSPS) is 21.5. The number of anilines is 1. The molecule has 0 saturated carbocycles. The van der Waals surface area contributed by atoms with E-state index in [1.165, 1.54) is 12.8 Å². The lowest BCUT2D eigenvalue weighted by molar-refractivity contribution is -0.142. The average molecular weight is 629 g/mol. The topological polar surface area (TPSA) is 136 Å². The zero-order valence-electron chi connectivity index (χ0n) is 26.8. The number of ether oxygens (including phenoxy) is 1. The Kier molecular flexibility index (Phi) is 8.31. The van der Waals surface area contributed by atoms with Gasteiger partial charge in [-0.05, 0) is 101 Å². The Bertz CT molecular complexity index is 1600. The number of hydrogen-bond acceptors (Lipinski definition) is 7. The highest BCUT2D eigenvalue weighted by atomic mass is 16.6. The molecule has 1 spiro atoms. The predicted molar refractivity (Wildman–Crippen MR) is 173 cm³/mol. The first-order valence-electron chi connectivity index (χ1n) is 16.7. The quantitative estimate of drug-likeness (QED) is 0.388. The van der Waals surface area contributed by atoms with Gasteiger partial charge in [-0.15, -0.1) is 5.10 Å². The number of aromatic nitrogens is 3. The number of aryl methyl sites for hydroxylation is 1. The van der Waals surface area contributed by atoms with Crippen LogP contribution in [-0.2, 0) is 21.5 Å². The number of nitrogens with one attached hydrogen (secondary N) is 3. The number of nitrogens with zero attached hydrogens (tertiary/aromatic N) is 5. The molecule has 4 aliphatic heterocycles. The van der Waals surface area contributed by atoms with E-state index >= 15 is 0 Å². The highest BCUT2D eigenvalue weighted by Gasteiger charge is 2.44. The molecule has 12 nitrogen and oxygen atoms in total. The molecule has 0 aliphatic carbocycles. The van der Waals surface area contributed by atoms with Crippen LogP contribution in [0.3, 0.4) is 0 Å². The van der Waals surface area contributed by atoms with E-state index in [2.05, 4.69) is 38.0 Å². The summed E-state index contributed by atoms with van der Waals surface area (Å²) in [5.74, 6) is 1.22. The standard InChI is InChI=1S/C34H44N8O4/c1-22-19-23(20-28-30(22)38-39-37-28)21-29(31(43)41-15-9-25(10-16-41)24-7-13-40(2)14-8-24)46-33(45)42-17-11-34(12-18-42)26-5-3-4-6-27(26)35-32(44)36-34/h3-6,19-20,24-25,29H,7-18,21H2,1-2H3,(H2,35,36,44)(H,37,38,39). The first-order valence-corrected chi connectivity index (χ1v) is 16.7. The third-order valence-corrected chi connectivity index (χ3v) is 10.8. The zero-order chi connectivity index (χ0) is 31.8. The monoisotopic (exact) mass is 628 g/mol. The molecular weight excluding hydrogens is 584 g/mol. The van der Waals surface area contributed by atoms with Crippen LogP contribution < -0.4 is 10.6 Å². The number of likely N-dealkylation sites (tertiary alicyclic amines) is 3. The first-order chi connectivity index (χ1) is 22.3. The van der Waals surface area contributed by atoms with Crippen molar-refractivity contribution in [2.75, 3.05) is 51.6 Å². The highest BCUT2D eigenvalue weighted by molar-refractivity contribution is 5.94. The van der Waals surface area contributed by atoms with Crippen molar-refractivity contribution >= 4 is 34.8 Å². The maximum atomic E-state index is 14.1. The van der Waals surface area contributed by atoms with Gasteiger partial charge < -0.3 is 30.1 Å². The van der Waals surface area contributed by atoms with Crippen LogP contribution >= 0.6 is 0 Å². The third-order valence-electron chi connectivity index (χ3n) is 10.8. The molecule has 244 valence electrons. The van der Waals surface area contributed by atoms with E-state index in [4.69, 9.17) is 4.74 Å². The molecule has 3 fully saturated rings. The van der Waals surface area contributed by atoms with Crippen molar-refractivity contribution in [3.8, 4) is 0 Å². The lowest BCUT2D eigenvalue weighted by atomic mass is 9.79. The molecule has 1 aromatic heterocycles. The molecule has 3 N–H and O–H groups in total. The fraction of sp³-hybridized carbons (Fsp3) is 0.559. The van der Waals surface area contributed by atoms with Crippen LogP contribution in [0.5, 0.6) is 0 Å². The van der Waals surface area contributed by atoms with Gasteiger partial charge in [0.25, 0.3) is 5.91 Å². The summed E-state index contributed by atoms with van der Waals surface area (Å²) in [7, 11) is 2.19. The summed E-state index contributed by atoms with van der Waals surface area (Å²) in [5, 5.41) is 17.0. The number of hydrogen-bond donors (Lipinski definition) is 3. The van der Waals surface area contributed by atoms with Crippen molar-refractivity contribution in [1.82, 2.24) is 35.4 Å². The lowest BCUT2D eigenvalue weighted by Crippen LogP contribution is -2.58. The minimum Gasteiger partial charge on any atom is -0.436 e. The molecular formula is C34H44N8O4. The van der Waals surface area contributed by atoms with Gasteiger partial charge >= 0.3 is 12.1 Å². The Morgan fingerprint density at radius 1 is 0.978 bits per heavy atom. The molecule has 2 aromatic carbocycles. The number of carbonyl (C=O) groups is 3. The zero-order valence-corrected chi connectivity index (χ0v) is 26.8. The minimum absolute atomic E-state index is 0.138. The van der Waals surface area contributed by atoms with Gasteiger partial charge in [-0.2, -0.15) is 0 Å². The number of para-hydroxylation sites is 1. The Morgan fingerprint density at radius 3 is 2.41 bits per heavy atom. The van der Waals surface area contributed by atoms with Crippen molar-refractivity contribution in [2.45, 2.75) is 63.5 Å². The highest BCUT2D eigenvalue weighted by Crippen LogP contribution is 2.40. The van der Waals surface area contributed by atoms with Crippen molar-refractivity contribution < 1.29 is 19.1 Å². The number of fused-ring (bicyclic) bond motifs is 3. The number of carbonyl (C=O) groups excluding carboxylic acids is 3. The maximum absolute atomic E-state index is 14.1. The van der Waals surface area contributed by atoms with Crippen LogP contribution in [0.4, 0.5) is 15.3 Å². The second-order valence-electron chi connectivity index (χ2n) is 13.7. The van der Waals surface area contributed by atoms with Crippen LogP contribution in [-0.4, -0.2) is 101 Å². The minimum atomic E-state index is -0.952. The lowest BCUT2D eigenvalue weighted by Gasteiger charge is -2.45. The summed E-state index contributed by atoms with van der Waals surface area (Å²) in [6.07, 6.45) is 4.34. The Labute approximate surface area is 269 Å². The summed E-state index contributed by atoms with van der Waals surface area (Å²) < 4.78 is 6.11. The molecule has 46 heavy (non-hydrogen) atoms. The molecule has 5 heterocycles. The van der Waals surface area contributed by atoms with E-state index in [9.17, 15) is 14.4 Å². The molecule has 12 heteroatoms. The molecule has 3 aromatic rings. The van der Waals surface area contributed by atoms with E-state index in [0.717, 1.165) is 65.3 Å². The van der Waals surface area contributed by atoms with Gasteiger partial charge in [0, 0.05) is 43.9 Å². The van der Waals surface area contributed by atoms with Gasteiger partial charge in [-0.25, -0.2) is 9.59 Å². The number of piperidine rings is 3. The summed E-state index contributed by atoms with van der Waals surface area (Å²) in [4.78, 5) is 46.2. The van der Waals surface area contributed by atoms with Crippen LogP contribution in [0, 0.1) is 18.8 Å². The maximum Gasteiger partial charge on any atom is 0.410 e. The van der Waals surface area contributed by atoms with Crippen molar-refractivity contribution in [3.63, 3.8) is 0 Å². The van der Waals surface area contributed by atoms with Crippen LogP contribution in [0.25, 0.3) is 11.0 Å². The summed E-state index contributed by atoms with van der Waals surface area (Å²) in [6, 6.07) is 11.5. The van der Waals surface area contributed by atoms with E-state index in [1.54, 1.807) is 4.90 Å². The van der Waals surface area contributed by atoms with Gasteiger partial charge in [-0.3, -0.25) is 9.89 Å². The molecule has 4 aliphatic rings. The summed E-state index contributed by atoms with van der Waals surface area (Å²) in [6.45, 7) is 6.44. The second kappa shape index (κ2) is 12.5. The number of H-pyrrole nitrogens is 1. The first kappa shape index (κ1) is 30.5. The van der Waals surface area contributed by atoms with Gasteiger partial charge in [0.2, 0.25) is 0 Å². The van der Waals surface area contributed by atoms with Crippen molar-refractivity contribution in [2.24, 2.45) is 11.8 Å². The molecule has 7 rings (SSSR count). The Hall–Kier alpha value is -4.19. The summed E-state index contributed by atoms with van der Waals surface area (Å²) in [5.41, 5.74) is 4.70.